The van der Waals surface area contributed by atoms with E-state index < -0.39 is 12.0 Å². The minimum absolute atomic E-state index is 0.0893. The quantitative estimate of drug-likeness (QED) is 0.770. The Balaban J connectivity index is 2.36. The van der Waals surface area contributed by atoms with Crippen LogP contribution in [0.25, 0.3) is 22.4 Å². The number of carboxylic acids is 1. The highest BCUT2D eigenvalue weighted by molar-refractivity contribution is 5.85. The zero-order chi connectivity index (χ0) is 17.3. The van der Waals surface area contributed by atoms with Gasteiger partial charge in [-0.3, -0.25) is 0 Å². The SMILES string of the molecule is COc1ccccc1-c1nc2ccccc2n1C(C(=O)O)C(C)C. The van der Waals surface area contributed by atoms with Gasteiger partial charge in [-0.15, -0.1) is 0 Å². The molecule has 3 rings (SSSR count). The topological polar surface area (TPSA) is 64.4 Å². The lowest BCUT2D eigenvalue weighted by molar-refractivity contribution is -0.142. The van der Waals surface area contributed by atoms with Crippen molar-refractivity contribution in [2.24, 2.45) is 5.92 Å². The summed E-state index contributed by atoms with van der Waals surface area (Å²) in [6.45, 7) is 3.80. The fourth-order valence-corrected chi connectivity index (χ4v) is 3.04. The van der Waals surface area contributed by atoms with E-state index >= 15 is 0 Å². The summed E-state index contributed by atoms with van der Waals surface area (Å²) in [6.07, 6.45) is 0. The molecule has 0 amide bonds. The Labute approximate surface area is 140 Å². The van der Waals surface area contributed by atoms with Gasteiger partial charge >= 0.3 is 5.97 Å². The van der Waals surface area contributed by atoms with Crippen LogP contribution in [-0.2, 0) is 4.79 Å². The molecule has 0 aliphatic carbocycles. The second-order valence-electron chi connectivity index (χ2n) is 6.02. The first-order valence-corrected chi connectivity index (χ1v) is 7.87. The molecule has 0 bridgehead atoms. The molecule has 0 aliphatic heterocycles. The molecule has 1 heterocycles. The van der Waals surface area contributed by atoms with E-state index in [1.165, 1.54) is 0 Å². The van der Waals surface area contributed by atoms with Crippen molar-refractivity contribution >= 4 is 17.0 Å². The molecule has 1 aromatic heterocycles. The summed E-state index contributed by atoms with van der Waals surface area (Å²) < 4.78 is 7.26. The molecule has 0 saturated heterocycles. The van der Waals surface area contributed by atoms with E-state index in [1.807, 2.05) is 62.4 Å². The number of rotatable bonds is 5. The number of aromatic nitrogens is 2. The van der Waals surface area contributed by atoms with Crippen molar-refractivity contribution in [2.75, 3.05) is 7.11 Å². The van der Waals surface area contributed by atoms with Crippen molar-refractivity contribution in [1.82, 2.24) is 9.55 Å². The number of ether oxygens (including phenoxy) is 1. The molecule has 0 radical (unpaired) electrons. The molecule has 2 aromatic carbocycles. The highest BCUT2D eigenvalue weighted by Gasteiger charge is 2.29. The predicted octanol–water partition coefficient (Wildman–Crippen LogP) is 3.99. The van der Waals surface area contributed by atoms with E-state index in [4.69, 9.17) is 9.72 Å². The maximum atomic E-state index is 11.9. The van der Waals surface area contributed by atoms with Gasteiger partial charge in [-0.1, -0.05) is 38.1 Å². The predicted molar refractivity (Wildman–Crippen MR) is 93.2 cm³/mol. The molecule has 1 unspecified atom stereocenters. The monoisotopic (exact) mass is 324 g/mol. The van der Waals surface area contributed by atoms with Gasteiger partial charge in [0.15, 0.2) is 0 Å². The van der Waals surface area contributed by atoms with Crippen LogP contribution in [0.5, 0.6) is 5.75 Å². The van der Waals surface area contributed by atoms with Crippen molar-refractivity contribution in [3.05, 3.63) is 48.5 Å². The number of carbonyl (C=O) groups is 1. The maximum absolute atomic E-state index is 11.9. The van der Waals surface area contributed by atoms with Gasteiger partial charge in [0.2, 0.25) is 0 Å². The summed E-state index contributed by atoms with van der Waals surface area (Å²) in [5.74, 6) is 0.314. The molecule has 0 saturated carbocycles. The maximum Gasteiger partial charge on any atom is 0.327 e. The largest absolute Gasteiger partial charge is 0.496 e. The van der Waals surface area contributed by atoms with Crippen LogP contribution in [-0.4, -0.2) is 27.7 Å². The summed E-state index contributed by atoms with van der Waals surface area (Å²) in [5, 5.41) is 9.79. The van der Waals surface area contributed by atoms with Gasteiger partial charge in [0, 0.05) is 0 Å². The summed E-state index contributed by atoms with van der Waals surface area (Å²) in [5.41, 5.74) is 2.35. The van der Waals surface area contributed by atoms with Crippen molar-refractivity contribution in [1.29, 1.82) is 0 Å². The number of nitrogens with zero attached hydrogens (tertiary/aromatic N) is 2. The Morgan fingerprint density at radius 3 is 2.46 bits per heavy atom. The van der Waals surface area contributed by atoms with Crippen LogP contribution in [0.4, 0.5) is 0 Å². The van der Waals surface area contributed by atoms with Gasteiger partial charge in [0.25, 0.3) is 0 Å². The van der Waals surface area contributed by atoms with Crippen LogP contribution in [0.1, 0.15) is 19.9 Å². The second kappa shape index (κ2) is 6.35. The normalized spacial score (nSPS) is 12.5. The number of carboxylic acid groups (broad SMARTS) is 1. The molecule has 0 spiro atoms. The Morgan fingerprint density at radius 2 is 1.79 bits per heavy atom. The molecule has 0 aliphatic rings. The van der Waals surface area contributed by atoms with Crippen LogP contribution < -0.4 is 4.74 Å². The summed E-state index contributed by atoms with van der Waals surface area (Å²) in [7, 11) is 1.60. The first kappa shape index (κ1) is 16.1. The Kier molecular flexibility index (Phi) is 4.25. The number of methoxy groups -OCH3 is 1. The average Bonchev–Trinajstić information content (AvgIpc) is 2.93. The molecule has 1 N–H and O–H groups in total. The van der Waals surface area contributed by atoms with Crippen molar-refractivity contribution in [3.63, 3.8) is 0 Å². The summed E-state index contributed by atoms with van der Waals surface area (Å²) in [6, 6.07) is 14.4. The lowest BCUT2D eigenvalue weighted by Gasteiger charge is -2.22. The van der Waals surface area contributed by atoms with Crippen molar-refractivity contribution < 1.29 is 14.6 Å². The molecular weight excluding hydrogens is 304 g/mol. The molecule has 0 fully saturated rings. The molecule has 5 heteroatoms. The fraction of sp³-hybridized carbons (Fsp3) is 0.263. The molecule has 24 heavy (non-hydrogen) atoms. The van der Waals surface area contributed by atoms with Crippen LogP contribution in [0.2, 0.25) is 0 Å². The van der Waals surface area contributed by atoms with E-state index in [0.29, 0.717) is 11.6 Å². The van der Waals surface area contributed by atoms with Crippen molar-refractivity contribution in [2.45, 2.75) is 19.9 Å². The Hall–Kier alpha value is -2.82. The Bertz CT molecular complexity index is 883. The van der Waals surface area contributed by atoms with Crippen LogP contribution in [0.3, 0.4) is 0 Å². The number of imidazole rings is 1. The number of hydrogen-bond acceptors (Lipinski definition) is 3. The minimum atomic E-state index is -0.871. The molecule has 5 nitrogen and oxygen atoms in total. The number of hydrogen-bond donors (Lipinski definition) is 1. The van der Waals surface area contributed by atoms with Gasteiger partial charge in [-0.05, 0) is 30.2 Å². The average molecular weight is 324 g/mol. The highest BCUT2D eigenvalue weighted by Crippen LogP contribution is 2.35. The molecule has 3 aromatic rings. The van der Waals surface area contributed by atoms with Gasteiger partial charge in [0.1, 0.15) is 17.6 Å². The van der Waals surface area contributed by atoms with Crippen LogP contribution in [0.15, 0.2) is 48.5 Å². The zero-order valence-electron chi connectivity index (χ0n) is 13.9. The number of fused-ring (bicyclic) bond motifs is 1. The lowest BCUT2D eigenvalue weighted by atomic mass is 10.0. The summed E-state index contributed by atoms with van der Waals surface area (Å²) >= 11 is 0. The van der Waals surface area contributed by atoms with Gasteiger partial charge in [-0.2, -0.15) is 0 Å². The minimum Gasteiger partial charge on any atom is -0.496 e. The number of para-hydroxylation sites is 3. The Morgan fingerprint density at radius 1 is 1.12 bits per heavy atom. The van der Waals surface area contributed by atoms with E-state index in [9.17, 15) is 9.90 Å². The first-order valence-electron chi connectivity index (χ1n) is 7.87. The smallest absolute Gasteiger partial charge is 0.327 e. The third kappa shape index (κ3) is 2.62. The zero-order valence-corrected chi connectivity index (χ0v) is 13.9. The lowest BCUT2D eigenvalue weighted by Crippen LogP contribution is -2.24. The van der Waals surface area contributed by atoms with Crippen LogP contribution >= 0.6 is 0 Å². The van der Waals surface area contributed by atoms with E-state index in [2.05, 4.69) is 0 Å². The second-order valence-corrected chi connectivity index (χ2v) is 6.02. The molecular formula is C19H20N2O3. The third-order valence-corrected chi connectivity index (χ3v) is 4.11. The van der Waals surface area contributed by atoms with E-state index in [1.54, 1.807) is 11.7 Å². The van der Waals surface area contributed by atoms with Gasteiger partial charge in [0.05, 0.1) is 23.7 Å². The standard InChI is InChI=1S/C19H20N2O3/c1-12(2)17(19(22)23)21-15-10-6-5-9-14(15)20-18(21)13-8-4-7-11-16(13)24-3/h4-12,17H,1-3H3,(H,22,23). The molecule has 1 atom stereocenters. The summed E-state index contributed by atoms with van der Waals surface area (Å²) in [4.78, 5) is 16.6. The first-order chi connectivity index (χ1) is 11.5. The van der Waals surface area contributed by atoms with Crippen LogP contribution in [0, 0.1) is 5.92 Å². The fourth-order valence-electron chi connectivity index (χ4n) is 3.04. The van der Waals surface area contributed by atoms with Gasteiger partial charge < -0.3 is 14.4 Å². The van der Waals surface area contributed by atoms with Crippen molar-refractivity contribution in [3.8, 4) is 17.1 Å². The number of aliphatic carboxylic acids is 1. The number of benzene rings is 2. The van der Waals surface area contributed by atoms with Gasteiger partial charge in [-0.25, -0.2) is 9.78 Å². The molecule has 124 valence electrons. The third-order valence-electron chi connectivity index (χ3n) is 4.11. The van der Waals surface area contributed by atoms with E-state index in [0.717, 1.165) is 16.6 Å². The highest BCUT2D eigenvalue weighted by atomic mass is 16.5. The van der Waals surface area contributed by atoms with E-state index in [-0.39, 0.29) is 5.92 Å².